The predicted octanol–water partition coefficient (Wildman–Crippen LogP) is 2.39. The molecule has 1 aliphatic rings. The van der Waals surface area contributed by atoms with Crippen molar-refractivity contribution in [2.75, 3.05) is 11.4 Å². The second-order valence-electron chi connectivity index (χ2n) is 5.16. The lowest BCUT2D eigenvalue weighted by atomic mass is 10.1. The number of carbonyl (C=O) groups excluding carboxylic acids is 1. The lowest BCUT2D eigenvalue weighted by Gasteiger charge is -2.20. The van der Waals surface area contributed by atoms with Crippen LogP contribution in [0.15, 0.2) is 18.2 Å². The van der Waals surface area contributed by atoms with Gasteiger partial charge in [-0.3, -0.25) is 4.79 Å². The lowest BCUT2D eigenvalue weighted by Crippen LogP contribution is -2.33. The molecule has 2 N–H and O–H groups in total. The van der Waals surface area contributed by atoms with Gasteiger partial charge in [-0.05, 0) is 24.8 Å². The molecule has 0 saturated heterocycles. The number of carbonyl (C=O) groups is 1. The summed E-state index contributed by atoms with van der Waals surface area (Å²) in [4.78, 5) is 14.0. The lowest BCUT2D eigenvalue weighted by molar-refractivity contribution is -0.119. The van der Waals surface area contributed by atoms with Crippen molar-refractivity contribution >= 4 is 11.6 Å². The third-order valence-corrected chi connectivity index (χ3v) is 3.34. The molecule has 1 heterocycles. The molecule has 92 valence electrons. The first kappa shape index (κ1) is 12.1. The van der Waals surface area contributed by atoms with Crippen molar-refractivity contribution < 1.29 is 4.79 Å². The number of nitrogens with two attached hydrogens (primary N) is 1. The maximum absolute atomic E-state index is 12.1. The van der Waals surface area contributed by atoms with E-state index < -0.39 is 6.04 Å². The Hall–Kier alpha value is -1.35. The van der Waals surface area contributed by atoms with Crippen molar-refractivity contribution in [2.24, 2.45) is 11.7 Å². The molecule has 2 rings (SSSR count). The van der Waals surface area contributed by atoms with Crippen LogP contribution in [0.1, 0.15) is 37.4 Å². The highest BCUT2D eigenvalue weighted by Gasteiger charge is 2.35. The molecule has 3 nitrogen and oxygen atoms in total. The number of rotatable bonds is 3. The Labute approximate surface area is 103 Å². The van der Waals surface area contributed by atoms with Gasteiger partial charge in [-0.1, -0.05) is 32.0 Å². The molecule has 1 unspecified atom stereocenters. The quantitative estimate of drug-likeness (QED) is 0.869. The first-order valence-corrected chi connectivity index (χ1v) is 6.19. The van der Waals surface area contributed by atoms with E-state index in [2.05, 4.69) is 13.8 Å². The molecule has 0 saturated carbocycles. The highest BCUT2D eigenvalue weighted by atomic mass is 16.2. The van der Waals surface area contributed by atoms with Gasteiger partial charge >= 0.3 is 0 Å². The van der Waals surface area contributed by atoms with Gasteiger partial charge < -0.3 is 10.6 Å². The van der Waals surface area contributed by atoms with E-state index in [4.69, 9.17) is 5.73 Å². The summed E-state index contributed by atoms with van der Waals surface area (Å²) in [6, 6.07) is 5.48. The van der Waals surface area contributed by atoms with E-state index in [1.807, 2.05) is 30.0 Å². The summed E-state index contributed by atoms with van der Waals surface area (Å²) in [7, 11) is 0. The van der Waals surface area contributed by atoms with E-state index in [0.29, 0.717) is 5.92 Å². The molecule has 1 aliphatic heterocycles. The number of anilines is 1. The SMILES string of the molecule is Cc1cccc2c1N(CCC(C)C)C(=O)C2N. The second-order valence-corrected chi connectivity index (χ2v) is 5.16. The van der Waals surface area contributed by atoms with E-state index in [1.54, 1.807) is 0 Å². The van der Waals surface area contributed by atoms with Crippen molar-refractivity contribution in [2.45, 2.75) is 33.2 Å². The van der Waals surface area contributed by atoms with Gasteiger partial charge in [-0.25, -0.2) is 0 Å². The number of hydrogen-bond donors (Lipinski definition) is 1. The fourth-order valence-electron chi connectivity index (χ4n) is 2.32. The van der Waals surface area contributed by atoms with Gasteiger partial charge in [0.1, 0.15) is 6.04 Å². The number of benzene rings is 1. The van der Waals surface area contributed by atoms with E-state index in [1.165, 1.54) is 0 Å². The number of aryl methyl sites for hydroxylation is 1. The van der Waals surface area contributed by atoms with E-state index in [0.717, 1.165) is 29.8 Å². The summed E-state index contributed by atoms with van der Waals surface area (Å²) < 4.78 is 0. The van der Waals surface area contributed by atoms with Gasteiger partial charge in [0.05, 0.1) is 5.69 Å². The third-order valence-electron chi connectivity index (χ3n) is 3.34. The van der Waals surface area contributed by atoms with E-state index in [9.17, 15) is 4.79 Å². The average Bonchev–Trinajstić information content (AvgIpc) is 2.52. The number of hydrogen-bond acceptors (Lipinski definition) is 2. The molecule has 1 aromatic carbocycles. The van der Waals surface area contributed by atoms with Crippen LogP contribution in [-0.2, 0) is 4.79 Å². The van der Waals surface area contributed by atoms with Gasteiger partial charge in [0.25, 0.3) is 0 Å². The topological polar surface area (TPSA) is 46.3 Å². The molecule has 1 atom stereocenters. The molecule has 0 aliphatic carbocycles. The summed E-state index contributed by atoms with van der Waals surface area (Å²) in [5, 5.41) is 0. The molecular formula is C14H20N2O. The highest BCUT2D eigenvalue weighted by Crippen LogP contribution is 2.37. The van der Waals surface area contributed by atoms with Crippen LogP contribution in [0.4, 0.5) is 5.69 Å². The average molecular weight is 232 g/mol. The fraction of sp³-hybridized carbons (Fsp3) is 0.500. The standard InChI is InChI=1S/C14H20N2O/c1-9(2)7-8-16-13-10(3)5-4-6-11(13)12(15)14(16)17/h4-6,9,12H,7-8,15H2,1-3H3. The minimum atomic E-state index is -0.475. The zero-order chi connectivity index (χ0) is 12.6. The molecular weight excluding hydrogens is 212 g/mol. The molecule has 0 spiro atoms. The van der Waals surface area contributed by atoms with Crippen LogP contribution < -0.4 is 10.6 Å². The Morgan fingerprint density at radius 2 is 2.12 bits per heavy atom. The van der Waals surface area contributed by atoms with Crippen LogP contribution in [0, 0.1) is 12.8 Å². The smallest absolute Gasteiger partial charge is 0.248 e. The van der Waals surface area contributed by atoms with E-state index >= 15 is 0 Å². The summed E-state index contributed by atoms with van der Waals surface area (Å²) in [6.07, 6.45) is 1.01. The summed E-state index contributed by atoms with van der Waals surface area (Å²) in [5.41, 5.74) is 9.10. The summed E-state index contributed by atoms with van der Waals surface area (Å²) in [6.45, 7) is 7.13. The molecule has 0 fully saturated rings. The van der Waals surface area contributed by atoms with Crippen molar-refractivity contribution in [3.05, 3.63) is 29.3 Å². The zero-order valence-corrected chi connectivity index (χ0v) is 10.7. The number of fused-ring (bicyclic) bond motifs is 1. The van der Waals surface area contributed by atoms with Crippen LogP contribution in [0.2, 0.25) is 0 Å². The van der Waals surface area contributed by atoms with Crippen LogP contribution in [0.3, 0.4) is 0 Å². The van der Waals surface area contributed by atoms with Gasteiger partial charge in [-0.15, -0.1) is 0 Å². The molecule has 0 aromatic heterocycles. The van der Waals surface area contributed by atoms with E-state index in [-0.39, 0.29) is 5.91 Å². The van der Waals surface area contributed by atoms with Gasteiger partial charge in [0, 0.05) is 12.1 Å². The third kappa shape index (κ3) is 2.07. The Bertz CT molecular complexity index is 440. The largest absolute Gasteiger partial charge is 0.316 e. The molecule has 17 heavy (non-hydrogen) atoms. The Morgan fingerprint density at radius 1 is 1.41 bits per heavy atom. The number of amides is 1. The first-order valence-electron chi connectivity index (χ1n) is 6.19. The van der Waals surface area contributed by atoms with Crippen molar-refractivity contribution in [3.8, 4) is 0 Å². The molecule has 0 bridgehead atoms. The maximum atomic E-state index is 12.1. The van der Waals surface area contributed by atoms with Gasteiger partial charge in [0.2, 0.25) is 5.91 Å². The minimum Gasteiger partial charge on any atom is -0.316 e. The number of para-hydroxylation sites is 1. The number of nitrogens with zero attached hydrogens (tertiary/aromatic N) is 1. The van der Waals surface area contributed by atoms with Crippen molar-refractivity contribution in [3.63, 3.8) is 0 Å². The Kier molecular flexibility index (Phi) is 3.20. The van der Waals surface area contributed by atoms with Crippen LogP contribution in [0.5, 0.6) is 0 Å². The molecule has 3 heteroatoms. The Balaban J connectivity index is 2.33. The van der Waals surface area contributed by atoms with Crippen LogP contribution in [-0.4, -0.2) is 12.5 Å². The Morgan fingerprint density at radius 3 is 2.76 bits per heavy atom. The monoisotopic (exact) mass is 232 g/mol. The maximum Gasteiger partial charge on any atom is 0.248 e. The van der Waals surface area contributed by atoms with Crippen molar-refractivity contribution in [1.29, 1.82) is 0 Å². The fourth-order valence-corrected chi connectivity index (χ4v) is 2.32. The molecule has 1 aromatic rings. The van der Waals surface area contributed by atoms with Gasteiger partial charge in [-0.2, -0.15) is 0 Å². The summed E-state index contributed by atoms with van der Waals surface area (Å²) in [5.74, 6) is 0.627. The molecule has 0 radical (unpaired) electrons. The normalized spacial score (nSPS) is 19.0. The highest BCUT2D eigenvalue weighted by molar-refractivity contribution is 6.05. The van der Waals surface area contributed by atoms with Crippen LogP contribution >= 0.6 is 0 Å². The molecule has 1 amide bonds. The minimum absolute atomic E-state index is 0.0370. The van der Waals surface area contributed by atoms with Crippen molar-refractivity contribution in [1.82, 2.24) is 0 Å². The summed E-state index contributed by atoms with van der Waals surface area (Å²) >= 11 is 0. The van der Waals surface area contributed by atoms with Gasteiger partial charge in [0.15, 0.2) is 0 Å². The first-order chi connectivity index (χ1) is 8.02. The van der Waals surface area contributed by atoms with Crippen LogP contribution in [0.25, 0.3) is 0 Å². The predicted molar refractivity (Wildman–Crippen MR) is 69.9 cm³/mol. The zero-order valence-electron chi connectivity index (χ0n) is 10.7. The second kappa shape index (κ2) is 4.49.